The number of nitrogens with zero attached hydrogens (tertiary/aromatic N) is 4. The number of hydrogen-bond donors (Lipinski definition) is 1. The van der Waals surface area contributed by atoms with Crippen LogP contribution in [0.4, 0.5) is 11.4 Å². The molecule has 170 valence electrons. The summed E-state index contributed by atoms with van der Waals surface area (Å²) in [5, 5.41) is 11.3. The Morgan fingerprint density at radius 3 is 2.66 bits per heavy atom. The predicted octanol–water partition coefficient (Wildman–Crippen LogP) is 3.58. The largest absolute Gasteiger partial charge is 0.419 e. The highest BCUT2D eigenvalue weighted by atomic mass is 32.1. The number of likely N-dealkylation sites (N-methyl/N-ethyl adjacent to an activating group) is 1. The molecule has 0 bridgehead atoms. The van der Waals surface area contributed by atoms with Gasteiger partial charge in [0, 0.05) is 29.3 Å². The van der Waals surface area contributed by atoms with Crippen LogP contribution in [0.15, 0.2) is 34.7 Å². The van der Waals surface area contributed by atoms with E-state index in [-0.39, 0.29) is 12.5 Å². The van der Waals surface area contributed by atoms with Gasteiger partial charge in [-0.3, -0.25) is 9.69 Å². The van der Waals surface area contributed by atoms with E-state index in [1.165, 1.54) is 10.4 Å². The molecule has 1 aliphatic heterocycles. The van der Waals surface area contributed by atoms with Crippen molar-refractivity contribution in [1.82, 2.24) is 15.1 Å². The summed E-state index contributed by atoms with van der Waals surface area (Å²) in [6, 6.07) is 10.0. The number of nitrogens with one attached hydrogen (secondary N) is 1. The number of ether oxygens (including phenoxy) is 1. The van der Waals surface area contributed by atoms with Crippen LogP contribution in [-0.2, 0) is 22.5 Å². The molecule has 9 heteroatoms. The van der Waals surface area contributed by atoms with Crippen LogP contribution < -0.4 is 10.2 Å². The first kappa shape index (κ1) is 22.4. The fourth-order valence-corrected chi connectivity index (χ4v) is 4.74. The van der Waals surface area contributed by atoms with Gasteiger partial charge in [-0.1, -0.05) is 6.92 Å². The van der Waals surface area contributed by atoms with Crippen molar-refractivity contribution in [1.29, 1.82) is 0 Å². The zero-order valence-electron chi connectivity index (χ0n) is 18.8. The molecule has 32 heavy (non-hydrogen) atoms. The van der Waals surface area contributed by atoms with Crippen molar-refractivity contribution in [3.8, 4) is 10.8 Å². The Morgan fingerprint density at radius 1 is 1.22 bits per heavy atom. The molecule has 2 aromatic heterocycles. The Kier molecular flexibility index (Phi) is 7.19. The molecule has 3 heterocycles. The van der Waals surface area contributed by atoms with Crippen LogP contribution in [0.25, 0.3) is 10.8 Å². The van der Waals surface area contributed by atoms with Gasteiger partial charge < -0.3 is 19.4 Å². The number of hydrogen-bond acceptors (Lipinski definition) is 8. The van der Waals surface area contributed by atoms with Crippen molar-refractivity contribution in [2.45, 2.75) is 26.8 Å². The van der Waals surface area contributed by atoms with Gasteiger partial charge in [0.1, 0.15) is 0 Å². The monoisotopic (exact) mass is 455 g/mol. The van der Waals surface area contributed by atoms with Gasteiger partial charge in [-0.2, -0.15) is 0 Å². The fraction of sp³-hybridized carbons (Fsp3) is 0.435. The number of amides is 1. The van der Waals surface area contributed by atoms with Crippen molar-refractivity contribution >= 4 is 28.6 Å². The summed E-state index contributed by atoms with van der Waals surface area (Å²) in [5.41, 5.74) is 3.17. The van der Waals surface area contributed by atoms with Gasteiger partial charge in [-0.15, -0.1) is 21.5 Å². The second-order valence-electron chi connectivity index (χ2n) is 7.94. The Labute approximate surface area is 192 Å². The van der Waals surface area contributed by atoms with E-state index in [9.17, 15) is 4.79 Å². The van der Waals surface area contributed by atoms with E-state index < -0.39 is 0 Å². The molecule has 1 aromatic carbocycles. The maximum Gasteiger partial charge on any atom is 0.257 e. The predicted molar refractivity (Wildman–Crippen MR) is 126 cm³/mol. The van der Waals surface area contributed by atoms with Gasteiger partial charge in [-0.05, 0) is 56.3 Å². The normalized spacial score (nSPS) is 14.2. The van der Waals surface area contributed by atoms with Crippen LogP contribution in [0.5, 0.6) is 0 Å². The number of benzene rings is 1. The lowest BCUT2D eigenvalue weighted by Crippen LogP contribution is -2.36. The molecule has 0 radical (unpaired) electrons. The minimum absolute atomic E-state index is 0.0900. The molecule has 1 fully saturated rings. The van der Waals surface area contributed by atoms with Crippen LogP contribution in [0, 0.1) is 6.92 Å². The van der Waals surface area contributed by atoms with E-state index >= 15 is 0 Å². The molecule has 1 N–H and O–H groups in total. The third-order valence-electron chi connectivity index (χ3n) is 5.37. The highest BCUT2D eigenvalue weighted by Gasteiger charge is 2.16. The highest BCUT2D eigenvalue weighted by molar-refractivity contribution is 7.15. The SMILES string of the molecule is CCc1sc(-c2nnc(CN(C)CC(=O)Nc3ccc(N4CCOCC4)cc3)o2)cc1C. The summed E-state index contributed by atoms with van der Waals surface area (Å²) in [5.74, 6) is 0.938. The van der Waals surface area contributed by atoms with Crippen molar-refractivity contribution in [3.63, 3.8) is 0 Å². The Hall–Kier alpha value is -2.75. The summed E-state index contributed by atoms with van der Waals surface area (Å²) in [6.45, 7) is 8.14. The average Bonchev–Trinajstić information content (AvgIpc) is 3.40. The second-order valence-corrected chi connectivity index (χ2v) is 9.07. The molecule has 1 aliphatic rings. The van der Waals surface area contributed by atoms with Crippen LogP contribution in [0.3, 0.4) is 0 Å². The van der Waals surface area contributed by atoms with E-state index in [4.69, 9.17) is 9.15 Å². The van der Waals surface area contributed by atoms with Gasteiger partial charge in [0.15, 0.2) is 0 Å². The van der Waals surface area contributed by atoms with Gasteiger partial charge in [0.25, 0.3) is 5.89 Å². The lowest BCUT2D eigenvalue weighted by Gasteiger charge is -2.28. The topological polar surface area (TPSA) is 83.7 Å². The number of rotatable bonds is 8. The zero-order valence-corrected chi connectivity index (χ0v) is 19.6. The lowest BCUT2D eigenvalue weighted by molar-refractivity contribution is -0.117. The summed E-state index contributed by atoms with van der Waals surface area (Å²) in [6.07, 6.45) is 0.991. The third kappa shape index (κ3) is 5.53. The third-order valence-corrected chi connectivity index (χ3v) is 6.73. The summed E-state index contributed by atoms with van der Waals surface area (Å²) in [7, 11) is 1.86. The second kappa shape index (κ2) is 10.2. The number of carbonyl (C=O) groups is 1. The molecule has 3 aromatic rings. The Bertz CT molecular complexity index is 1040. The molecule has 4 rings (SSSR count). The molecule has 0 atom stereocenters. The maximum absolute atomic E-state index is 12.5. The van der Waals surface area contributed by atoms with E-state index in [0.717, 1.165) is 49.0 Å². The van der Waals surface area contributed by atoms with Crippen molar-refractivity contribution in [2.24, 2.45) is 0 Å². The highest BCUT2D eigenvalue weighted by Crippen LogP contribution is 2.30. The molecule has 0 saturated carbocycles. The van der Waals surface area contributed by atoms with Gasteiger partial charge in [0.2, 0.25) is 11.8 Å². The fourth-order valence-electron chi connectivity index (χ4n) is 3.70. The van der Waals surface area contributed by atoms with Crippen molar-refractivity contribution in [3.05, 3.63) is 46.7 Å². The van der Waals surface area contributed by atoms with E-state index in [0.29, 0.717) is 18.3 Å². The zero-order chi connectivity index (χ0) is 22.5. The molecular weight excluding hydrogens is 426 g/mol. The van der Waals surface area contributed by atoms with E-state index in [1.807, 2.05) is 36.2 Å². The smallest absolute Gasteiger partial charge is 0.257 e. The standard InChI is InChI=1S/C23H29N5O3S/c1-4-19-16(2)13-20(32-19)23-26-25-22(31-23)15-27(3)14-21(29)24-17-5-7-18(8-6-17)28-9-11-30-12-10-28/h5-8,13H,4,9-12,14-15H2,1-3H3,(H,24,29). The quantitative estimate of drug-likeness (QED) is 0.556. The number of aromatic nitrogens is 2. The average molecular weight is 456 g/mol. The van der Waals surface area contributed by atoms with Crippen LogP contribution in [0.2, 0.25) is 0 Å². The van der Waals surface area contributed by atoms with E-state index in [1.54, 1.807) is 11.3 Å². The first-order valence-electron chi connectivity index (χ1n) is 10.8. The summed E-state index contributed by atoms with van der Waals surface area (Å²) < 4.78 is 11.2. The number of anilines is 2. The molecule has 1 saturated heterocycles. The first-order valence-corrected chi connectivity index (χ1v) is 11.7. The van der Waals surface area contributed by atoms with Crippen LogP contribution in [-0.4, -0.2) is 60.9 Å². The summed E-state index contributed by atoms with van der Waals surface area (Å²) >= 11 is 1.68. The Morgan fingerprint density at radius 2 is 1.97 bits per heavy atom. The number of carbonyl (C=O) groups excluding carboxylic acids is 1. The van der Waals surface area contributed by atoms with Gasteiger partial charge >= 0.3 is 0 Å². The number of morpholine rings is 1. The van der Waals surface area contributed by atoms with Gasteiger partial charge in [0.05, 0.1) is 31.2 Å². The van der Waals surface area contributed by atoms with Crippen molar-refractivity contribution < 1.29 is 13.9 Å². The molecular formula is C23H29N5O3S. The van der Waals surface area contributed by atoms with E-state index in [2.05, 4.69) is 40.3 Å². The molecule has 0 aliphatic carbocycles. The lowest BCUT2D eigenvalue weighted by atomic mass is 10.2. The molecule has 0 spiro atoms. The number of thiophene rings is 1. The molecule has 0 unspecified atom stereocenters. The van der Waals surface area contributed by atoms with Crippen molar-refractivity contribution in [2.75, 3.05) is 50.1 Å². The van der Waals surface area contributed by atoms with Crippen LogP contribution in [0.1, 0.15) is 23.3 Å². The molecule has 1 amide bonds. The summed E-state index contributed by atoms with van der Waals surface area (Å²) in [4.78, 5) is 18.9. The molecule has 8 nitrogen and oxygen atoms in total. The number of aryl methyl sites for hydroxylation is 2. The first-order chi connectivity index (χ1) is 15.5. The van der Waals surface area contributed by atoms with Crippen LogP contribution >= 0.6 is 11.3 Å². The minimum atomic E-state index is -0.0900. The minimum Gasteiger partial charge on any atom is -0.419 e. The van der Waals surface area contributed by atoms with Gasteiger partial charge in [-0.25, -0.2) is 0 Å². The Balaban J connectivity index is 1.28. The maximum atomic E-state index is 12.5.